The monoisotopic (exact) mass is 198 g/mol. The lowest BCUT2D eigenvalue weighted by Gasteiger charge is -2.08. The van der Waals surface area contributed by atoms with Crippen molar-refractivity contribution in [2.24, 2.45) is 0 Å². The molecule has 1 atom stereocenters. The van der Waals surface area contributed by atoms with Crippen molar-refractivity contribution >= 4 is 11.8 Å². The zero-order valence-corrected chi connectivity index (χ0v) is 8.64. The molecule has 1 unspecified atom stereocenters. The van der Waals surface area contributed by atoms with Gasteiger partial charge in [-0.25, -0.2) is 0 Å². The highest BCUT2D eigenvalue weighted by molar-refractivity contribution is 7.99. The zero-order chi connectivity index (χ0) is 9.84. The Morgan fingerprint density at radius 3 is 2.54 bits per heavy atom. The molecular weight excluding hydrogens is 184 g/mol. The summed E-state index contributed by atoms with van der Waals surface area (Å²) in [7, 11) is 0. The van der Waals surface area contributed by atoms with Crippen molar-refractivity contribution in [2.75, 3.05) is 0 Å². The van der Waals surface area contributed by atoms with Gasteiger partial charge in [-0.1, -0.05) is 13.8 Å². The summed E-state index contributed by atoms with van der Waals surface area (Å²) in [5, 5.41) is 18.8. The summed E-state index contributed by atoms with van der Waals surface area (Å²) in [6.45, 7) is 4.26. The summed E-state index contributed by atoms with van der Waals surface area (Å²) in [5.74, 6) is -0.109. The quantitative estimate of drug-likeness (QED) is 0.579. The van der Waals surface area contributed by atoms with E-state index in [1.54, 1.807) is 17.8 Å². The zero-order valence-electron chi connectivity index (χ0n) is 7.82. The lowest BCUT2D eigenvalue weighted by molar-refractivity contribution is 0.402. The van der Waals surface area contributed by atoms with E-state index in [0.717, 1.165) is 11.3 Å². The maximum atomic E-state index is 9.22. The van der Waals surface area contributed by atoms with Crippen LogP contribution in [-0.2, 0) is 0 Å². The molecule has 72 valence electrons. The molecule has 0 bridgehead atoms. The van der Waals surface area contributed by atoms with Crippen LogP contribution in [0.3, 0.4) is 0 Å². The number of phenolic OH excluding ortho intramolecular Hbond substituents is 2. The molecule has 0 heterocycles. The summed E-state index contributed by atoms with van der Waals surface area (Å²) < 4.78 is 0. The second kappa shape index (κ2) is 4.42. The molecule has 1 aromatic carbocycles. The van der Waals surface area contributed by atoms with Gasteiger partial charge < -0.3 is 10.2 Å². The summed E-state index contributed by atoms with van der Waals surface area (Å²) >= 11 is 1.70. The first-order valence-electron chi connectivity index (χ1n) is 4.32. The number of thioether (sulfide) groups is 1. The van der Waals surface area contributed by atoms with E-state index in [2.05, 4.69) is 13.8 Å². The molecule has 0 amide bonds. The largest absolute Gasteiger partial charge is 0.504 e. The number of rotatable bonds is 3. The highest BCUT2D eigenvalue weighted by atomic mass is 32.2. The molecule has 0 aliphatic rings. The average Bonchev–Trinajstić information content (AvgIpc) is 2.11. The first kappa shape index (κ1) is 10.3. The molecule has 0 aliphatic carbocycles. The van der Waals surface area contributed by atoms with E-state index < -0.39 is 0 Å². The number of hydrogen-bond donors (Lipinski definition) is 2. The first-order valence-corrected chi connectivity index (χ1v) is 5.20. The van der Waals surface area contributed by atoms with Crippen LogP contribution < -0.4 is 0 Å². The highest BCUT2D eigenvalue weighted by Crippen LogP contribution is 2.32. The topological polar surface area (TPSA) is 40.5 Å². The second-order valence-corrected chi connectivity index (χ2v) is 4.50. The second-order valence-electron chi connectivity index (χ2n) is 2.99. The van der Waals surface area contributed by atoms with E-state index in [4.69, 9.17) is 5.11 Å². The Morgan fingerprint density at radius 1 is 1.31 bits per heavy atom. The molecule has 0 spiro atoms. The molecule has 2 nitrogen and oxygen atoms in total. The van der Waals surface area contributed by atoms with Crippen molar-refractivity contribution in [3.63, 3.8) is 0 Å². The fourth-order valence-corrected chi connectivity index (χ4v) is 1.85. The fraction of sp³-hybridized carbons (Fsp3) is 0.400. The van der Waals surface area contributed by atoms with Gasteiger partial charge in [-0.15, -0.1) is 11.8 Å². The Balaban J connectivity index is 2.73. The van der Waals surface area contributed by atoms with Crippen LogP contribution in [0.2, 0.25) is 0 Å². The summed E-state index contributed by atoms with van der Waals surface area (Å²) in [6.07, 6.45) is 1.09. The van der Waals surface area contributed by atoms with Crippen LogP contribution in [0, 0.1) is 0 Å². The van der Waals surface area contributed by atoms with Crippen LogP contribution in [0.25, 0.3) is 0 Å². The Hall–Kier alpha value is -0.830. The minimum atomic E-state index is -0.0616. The maximum Gasteiger partial charge on any atom is 0.158 e. The number of aromatic hydroxyl groups is 2. The lowest BCUT2D eigenvalue weighted by Crippen LogP contribution is -1.91. The Labute approximate surface area is 82.6 Å². The molecule has 13 heavy (non-hydrogen) atoms. The Kier molecular flexibility index (Phi) is 3.48. The minimum absolute atomic E-state index is 0.0479. The normalized spacial score (nSPS) is 12.8. The van der Waals surface area contributed by atoms with E-state index in [1.807, 2.05) is 6.07 Å². The first-order chi connectivity index (χ1) is 6.13. The molecule has 0 saturated heterocycles. The van der Waals surface area contributed by atoms with Gasteiger partial charge in [-0.3, -0.25) is 0 Å². The Bertz CT molecular complexity index is 286. The molecule has 1 aromatic rings. The van der Waals surface area contributed by atoms with E-state index >= 15 is 0 Å². The molecule has 0 aliphatic heterocycles. The van der Waals surface area contributed by atoms with Crippen molar-refractivity contribution in [2.45, 2.75) is 30.4 Å². The third-order valence-electron chi connectivity index (χ3n) is 1.86. The SMILES string of the molecule is CCC(C)Sc1ccc(O)c(O)c1. The van der Waals surface area contributed by atoms with Crippen molar-refractivity contribution < 1.29 is 10.2 Å². The van der Waals surface area contributed by atoms with Gasteiger partial charge in [0.05, 0.1) is 0 Å². The molecule has 0 radical (unpaired) electrons. The van der Waals surface area contributed by atoms with Gasteiger partial charge in [0.15, 0.2) is 11.5 Å². The Morgan fingerprint density at radius 2 is 2.00 bits per heavy atom. The van der Waals surface area contributed by atoms with Crippen molar-refractivity contribution in [1.82, 2.24) is 0 Å². The number of hydrogen-bond acceptors (Lipinski definition) is 3. The lowest BCUT2D eigenvalue weighted by atomic mass is 10.3. The van der Waals surface area contributed by atoms with Crippen LogP contribution in [0.1, 0.15) is 20.3 Å². The summed E-state index contributed by atoms with van der Waals surface area (Å²) in [5.41, 5.74) is 0. The number of benzene rings is 1. The van der Waals surface area contributed by atoms with Crippen LogP contribution in [0.5, 0.6) is 11.5 Å². The minimum Gasteiger partial charge on any atom is -0.504 e. The van der Waals surface area contributed by atoms with Crippen LogP contribution in [-0.4, -0.2) is 15.5 Å². The summed E-state index contributed by atoms with van der Waals surface area (Å²) in [6, 6.07) is 4.91. The molecule has 2 N–H and O–H groups in total. The van der Waals surface area contributed by atoms with Gasteiger partial charge in [-0.2, -0.15) is 0 Å². The highest BCUT2D eigenvalue weighted by Gasteiger charge is 2.04. The molecule has 0 aromatic heterocycles. The van der Waals surface area contributed by atoms with Gasteiger partial charge in [0.1, 0.15) is 0 Å². The summed E-state index contributed by atoms with van der Waals surface area (Å²) in [4.78, 5) is 0.990. The number of phenols is 2. The van der Waals surface area contributed by atoms with Gasteiger partial charge in [0.25, 0.3) is 0 Å². The standard InChI is InChI=1S/C10H14O2S/c1-3-7(2)13-8-4-5-9(11)10(12)6-8/h4-7,11-12H,3H2,1-2H3. The predicted molar refractivity (Wildman–Crippen MR) is 55.4 cm³/mol. The third-order valence-corrected chi connectivity index (χ3v) is 3.12. The molecule has 1 rings (SSSR count). The van der Waals surface area contributed by atoms with E-state index in [-0.39, 0.29) is 11.5 Å². The molecule has 0 fully saturated rings. The van der Waals surface area contributed by atoms with E-state index in [1.165, 1.54) is 6.07 Å². The molecule has 3 heteroatoms. The maximum absolute atomic E-state index is 9.22. The third kappa shape index (κ3) is 2.84. The molecule has 0 saturated carbocycles. The van der Waals surface area contributed by atoms with Gasteiger partial charge in [0, 0.05) is 10.1 Å². The molecular formula is C10H14O2S. The van der Waals surface area contributed by atoms with Gasteiger partial charge >= 0.3 is 0 Å². The fourth-order valence-electron chi connectivity index (χ4n) is 0.892. The predicted octanol–water partition coefficient (Wildman–Crippen LogP) is 2.99. The van der Waals surface area contributed by atoms with Crippen LogP contribution >= 0.6 is 11.8 Å². The van der Waals surface area contributed by atoms with Crippen LogP contribution in [0.4, 0.5) is 0 Å². The van der Waals surface area contributed by atoms with Crippen molar-refractivity contribution in [3.8, 4) is 11.5 Å². The van der Waals surface area contributed by atoms with Crippen molar-refractivity contribution in [3.05, 3.63) is 18.2 Å². The average molecular weight is 198 g/mol. The van der Waals surface area contributed by atoms with E-state index in [0.29, 0.717) is 5.25 Å². The van der Waals surface area contributed by atoms with Crippen LogP contribution in [0.15, 0.2) is 23.1 Å². The van der Waals surface area contributed by atoms with Crippen molar-refractivity contribution in [1.29, 1.82) is 0 Å². The van der Waals surface area contributed by atoms with Gasteiger partial charge in [-0.05, 0) is 24.6 Å². The van der Waals surface area contributed by atoms with E-state index in [9.17, 15) is 5.11 Å². The smallest absolute Gasteiger partial charge is 0.158 e. The van der Waals surface area contributed by atoms with Gasteiger partial charge in [0.2, 0.25) is 0 Å².